The van der Waals surface area contributed by atoms with Gasteiger partial charge in [-0.3, -0.25) is 19.1 Å². The van der Waals surface area contributed by atoms with E-state index in [1.165, 1.54) is 9.13 Å². The minimum Gasteiger partial charge on any atom is -0.352 e. The number of fused-ring (bicyclic) bond motifs is 1. The summed E-state index contributed by atoms with van der Waals surface area (Å²) in [5, 5.41) is 3.18. The number of amides is 1. The van der Waals surface area contributed by atoms with Crippen LogP contribution in [0.3, 0.4) is 0 Å². The van der Waals surface area contributed by atoms with E-state index >= 15 is 0 Å². The number of pyridine rings is 1. The first-order valence-electron chi connectivity index (χ1n) is 16.0. The van der Waals surface area contributed by atoms with Crippen molar-refractivity contribution in [1.29, 1.82) is 0 Å². The molecular weight excluding hydrogens is 559 g/mol. The number of hydrogen-bond acceptors (Lipinski definition) is 6. The Morgan fingerprint density at radius 1 is 1.07 bits per heavy atom. The van der Waals surface area contributed by atoms with E-state index in [0.717, 1.165) is 54.9 Å². The number of carbonyl (C=O) groups is 1. The molecule has 3 heterocycles. The predicted octanol–water partition coefficient (Wildman–Crippen LogP) is 4.11. The molecule has 0 spiro atoms. The van der Waals surface area contributed by atoms with Crippen LogP contribution < -0.4 is 16.6 Å². The van der Waals surface area contributed by atoms with Gasteiger partial charge in [-0.1, -0.05) is 36.4 Å². The van der Waals surface area contributed by atoms with Gasteiger partial charge < -0.3 is 10.2 Å². The molecule has 4 aromatic rings. The highest BCUT2D eigenvalue weighted by Crippen LogP contribution is 2.30. The predicted molar refractivity (Wildman–Crippen MR) is 169 cm³/mol. The van der Waals surface area contributed by atoms with E-state index in [-0.39, 0.29) is 36.0 Å². The van der Waals surface area contributed by atoms with Crippen LogP contribution in [-0.4, -0.2) is 69.6 Å². The highest BCUT2D eigenvalue weighted by atomic mass is 19.1. The molecule has 230 valence electrons. The van der Waals surface area contributed by atoms with Gasteiger partial charge >= 0.3 is 5.69 Å². The van der Waals surface area contributed by atoms with Crippen molar-refractivity contribution in [2.45, 2.75) is 63.2 Å². The van der Waals surface area contributed by atoms with Gasteiger partial charge in [0.05, 0.1) is 23.3 Å². The molecule has 2 aromatic heterocycles. The van der Waals surface area contributed by atoms with Crippen LogP contribution in [0.2, 0.25) is 0 Å². The Labute approximate surface area is 257 Å². The van der Waals surface area contributed by atoms with Crippen molar-refractivity contribution in [2.24, 2.45) is 0 Å². The molecule has 1 aliphatic heterocycles. The number of likely N-dealkylation sites (N-methyl/N-ethyl adjacent to an activating group) is 1. The molecule has 1 N–H and O–H groups in total. The number of aromatic nitrogens is 3. The van der Waals surface area contributed by atoms with Crippen LogP contribution in [0.4, 0.5) is 4.39 Å². The maximum Gasteiger partial charge on any atom is 0.337 e. The lowest BCUT2D eigenvalue weighted by molar-refractivity contribution is -0.126. The third-order valence-corrected chi connectivity index (χ3v) is 8.89. The van der Waals surface area contributed by atoms with Gasteiger partial charge in [-0.05, 0) is 101 Å². The summed E-state index contributed by atoms with van der Waals surface area (Å²) in [6.07, 6.45) is 4.92. The number of rotatable bonds is 7. The van der Waals surface area contributed by atoms with Crippen molar-refractivity contribution in [3.63, 3.8) is 0 Å². The van der Waals surface area contributed by atoms with Crippen LogP contribution in [0.25, 0.3) is 27.8 Å². The Balaban J connectivity index is 1.34. The Bertz CT molecular complexity index is 1830. The Morgan fingerprint density at radius 2 is 1.86 bits per heavy atom. The van der Waals surface area contributed by atoms with E-state index in [4.69, 9.17) is 1.37 Å². The van der Waals surface area contributed by atoms with Gasteiger partial charge in [0.1, 0.15) is 5.82 Å². The molecule has 2 aromatic carbocycles. The number of nitrogens with zero attached hydrogens (tertiary/aromatic N) is 5. The molecule has 0 bridgehead atoms. The molecule has 9 nitrogen and oxygen atoms in total. The van der Waals surface area contributed by atoms with Crippen molar-refractivity contribution < 1.29 is 10.6 Å². The zero-order chi connectivity index (χ0) is 31.7. The minimum absolute atomic E-state index is 0.0418. The highest BCUT2D eigenvalue weighted by Gasteiger charge is 2.32. The van der Waals surface area contributed by atoms with Crippen molar-refractivity contribution >= 4 is 16.9 Å². The van der Waals surface area contributed by atoms with E-state index in [1.807, 2.05) is 55.4 Å². The van der Waals surface area contributed by atoms with Crippen molar-refractivity contribution in [1.82, 2.24) is 29.2 Å². The molecule has 2 aliphatic rings. The lowest BCUT2D eigenvalue weighted by Crippen LogP contribution is -2.48. The van der Waals surface area contributed by atoms with Gasteiger partial charge in [-0.15, -0.1) is 0 Å². The van der Waals surface area contributed by atoms with E-state index < -0.39 is 23.1 Å². The highest BCUT2D eigenvalue weighted by molar-refractivity contribution is 5.82. The normalized spacial score (nSPS) is 21.1. The number of hydrogen-bond donors (Lipinski definition) is 1. The molecule has 2 fully saturated rings. The molecule has 0 unspecified atom stereocenters. The summed E-state index contributed by atoms with van der Waals surface area (Å²) in [5.74, 6) is -0.704. The lowest BCUT2D eigenvalue weighted by Gasteiger charge is -2.31. The van der Waals surface area contributed by atoms with Crippen LogP contribution >= 0.6 is 0 Å². The van der Waals surface area contributed by atoms with Crippen molar-refractivity contribution in [3.8, 4) is 16.8 Å². The van der Waals surface area contributed by atoms with E-state index in [1.54, 1.807) is 6.07 Å². The lowest BCUT2D eigenvalue weighted by atomic mass is 9.90. The van der Waals surface area contributed by atoms with Gasteiger partial charge in [-0.2, -0.15) is 0 Å². The van der Waals surface area contributed by atoms with Crippen LogP contribution in [0, 0.1) is 5.82 Å². The molecule has 1 saturated carbocycles. The third-order valence-electron chi connectivity index (χ3n) is 8.89. The topological polar surface area (TPSA) is 92.5 Å². The largest absolute Gasteiger partial charge is 0.352 e. The number of benzene rings is 2. The molecule has 6 rings (SSSR count). The molecular formula is C34H39FN6O3. The second-order valence-electron chi connectivity index (χ2n) is 12.2. The molecule has 1 amide bonds. The van der Waals surface area contributed by atoms with Crippen LogP contribution in [0.5, 0.6) is 0 Å². The summed E-state index contributed by atoms with van der Waals surface area (Å²) in [6.45, 7) is 1.49. The fourth-order valence-corrected chi connectivity index (χ4v) is 6.73. The SMILES string of the molecule is [2H]CN1CCC[C@H]1C(=O)NC1CCC(n2c(=O)c3cc(F)cnc3n(-c3cccc(-c4ccccc4CN(C)C)c3)c2=O)CC1. The van der Waals surface area contributed by atoms with Gasteiger partial charge in [0.2, 0.25) is 5.91 Å². The molecule has 10 heteroatoms. The van der Waals surface area contributed by atoms with Crippen LogP contribution in [0.15, 0.2) is 70.4 Å². The monoisotopic (exact) mass is 599 g/mol. The molecule has 0 radical (unpaired) electrons. The smallest absolute Gasteiger partial charge is 0.337 e. The van der Waals surface area contributed by atoms with E-state index in [2.05, 4.69) is 21.3 Å². The molecule has 1 saturated heterocycles. The maximum atomic E-state index is 14.5. The Hall–Kier alpha value is -4.15. The Morgan fingerprint density at radius 3 is 2.64 bits per heavy atom. The summed E-state index contributed by atoms with van der Waals surface area (Å²) < 4.78 is 24.8. The van der Waals surface area contributed by atoms with Gasteiger partial charge in [0.15, 0.2) is 5.65 Å². The van der Waals surface area contributed by atoms with Crippen molar-refractivity contribution in [3.05, 3.63) is 93.0 Å². The number of likely N-dealkylation sites (tertiary alicyclic amines) is 1. The number of carbonyl (C=O) groups excluding carboxylic acids is 1. The zero-order valence-electron chi connectivity index (χ0n) is 26.2. The maximum absolute atomic E-state index is 14.5. The average molecular weight is 600 g/mol. The molecule has 1 aliphatic carbocycles. The summed E-state index contributed by atoms with van der Waals surface area (Å²) in [4.78, 5) is 49.1. The summed E-state index contributed by atoms with van der Waals surface area (Å²) in [5.41, 5.74) is 2.63. The van der Waals surface area contributed by atoms with Gasteiger partial charge in [0, 0.05) is 20.0 Å². The number of nitrogens with one attached hydrogen (secondary N) is 1. The average Bonchev–Trinajstić information content (AvgIpc) is 3.52. The second kappa shape index (κ2) is 12.5. The first-order chi connectivity index (χ1) is 21.7. The minimum atomic E-state index is -0.650. The summed E-state index contributed by atoms with van der Waals surface area (Å²) >= 11 is 0. The van der Waals surface area contributed by atoms with Gasteiger partial charge in [-0.25, -0.2) is 18.7 Å². The first kappa shape index (κ1) is 28.6. The fourth-order valence-electron chi connectivity index (χ4n) is 6.73. The standard InChI is InChI=1S/C34H39FN6O3/c1-38(2)21-23-8-4-5-11-28(23)22-9-6-10-27(18-22)40-31-29(19-24(35)20-36-31)33(43)41(34(40)44)26-15-13-25(14-16-26)37-32(42)30-12-7-17-39(30)3/h4-6,8-11,18-20,25-26,30H,7,12-17,21H2,1-3H3,(H,37,42)/t25?,26?,30-/m0/s1/i3D. The number of halogens is 1. The third kappa shape index (κ3) is 5.84. The van der Waals surface area contributed by atoms with Crippen LogP contribution in [-0.2, 0) is 11.3 Å². The summed E-state index contributed by atoms with van der Waals surface area (Å²) in [6, 6.07) is 16.1. The van der Waals surface area contributed by atoms with E-state index in [9.17, 15) is 18.8 Å². The first-order valence-corrected chi connectivity index (χ1v) is 15.2. The van der Waals surface area contributed by atoms with E-state index in [0.29, 0.717) is 31.4 Å². The molecule has 1 atom stereocenters. The van der Waals surface area contributed by atoms with Gasteiger partial charge in [0.25, 0.3) is 5.56 Å². The van der Waals surface area contributed by atoms with Crippen LogP contribution in [0.1, 0.15) is 51.5 Å². The molecule has 44 heavy (non-hydrogen) atoms. The van der Waals surface area contributed by atoms with Crippen molar-refractivity contribution in [2.75, 3.05) is 27.7 Å². The summed E-state index contributed by atoms with van der Waals surface area (Å²) in [7, 11) is 4.12. The fraction of sp³-hybridized carbons (Fsp3) is 0.412. The second-order valence-corrected chi connectivity index (χ2v) is 12.2. The zero-order valence-corrected chi connectivity index (χ0v) is 25.2. The quantitative estimate of drug-likeness (QED) is 0.344. The Kier molecular flexibility index (Phi) is 8.10.